The molecule has 14 heteroatoms. The summed E-state index contributed by atoms with van der Waals surface area (Å²) in [5.41, 5.74) is 9.32. The summed E-state index contributed by atoms with van der Waals surface area (Å²) in [6.07, 6.45) is 0.873. The number of ether oxygens (including phenoxy) is 1. The number of piperazine rings is 1. The highest BCUT2D eigenvalue weighted by atomic mass is 35.5. The van der Waals surface area contributed by atoms with Crippen LogP contribution >= 0.6 is 23.2 Å². The van der Waals surface area contributed by atoms with Crippen molar-refractivity contribution < 1.29 is 22.7 Å². The number of halogens is 2. The first kappa shape index (κ1) is 34.6. The number of nitrogens with zero attached hydrogens (tertiary/aromatic N) is 4. The molecule has 1 aromatic heterocycles. The van der Waals surface area contributed by atoms with Gasteiger partial charge in [0.15, 0.2) is 0 Å². The van der Waals surface area contributed by atoms with Gasteiger partial charge in [0.05, 0.1) is 5.02 Å². The van der Waals surface area contributed by atoms with E-state index in [1.54, 1.807) is 40.1 Å². The first-order valence-corrected chi connectivity index (χ1v) is 18.1. The quantitative estimate of drug-likeness (QED) is 0.188. The van der Waals surface area contributed by atoms with Crippen molar-refractivity contribution in [3.8, 4) is 5.75 Å². The monoisotopic (exact) mass is 722 g/mol. The van der Waals surface area contributed by atoms with E-state index >= 15 is 0 Å². The van der Waals surface area contributed by atoms with Crippen molar-refractivity contribution in [1.82, 2.24) is 19.1 Å². The van der Waals surface area contributed by atoms with Crippen molar-refractivity contribution in [3.63, 3.8) is 0 Å². The molecule has 3 heterocycles. The Morgan fingerprint density at radius 2 is 1.65 bits per heavy atom. The number of amidine groups is 1. The lowest BCUT2D eigenvalue weighted by Crippen LogP contribution is -2.55. The van der Waals surface area contributed by atoms with Gasteiger partial charge in [0, 0.05) is 65.5 Å². The number of pyridine rings is 1. The Bertz CT molecular complexity index is 2080. The molecule has 2 saturated heterocycles. The third-order valence-electron chi connectivity index (χ3n) is 9.03. The molecule has 2 fully saturated rings. The van der Waals surface area contributed by atoms with Crippen LogP contribution in [-0.2, 0) is 21.4 Å². The summed E-state index contributed by atoms with van der Waals surface area (Å²) in [6.45, 7) is 5.05. The zero-order valence-electron chi connectivity index (χ0n) is 27.1. The summed E-state index contributed by atoms with van der Waals surface area (Å²) in [7, 11) is -4.21. The normalized spacial score (nSPS) is 17.0. The van der Waals surface area contributed by atoms with Gasteiger partial charge in [-0.15, -0.1) is 0 Å². The molecule has 49 heavy (non-hydrogen) atoms. The molecule has 6 rings (SSSR count). The highest BCUT2D eigenvalue weighted by molar-refractivity contribution is 7.89. The number of hydrogen-bond acceptors (Lipinski definition) is 7. The van der Waals surface area contributed by atoms with Gasteiger partial charge in [-0.05, 0) is 68.7 Å². The minimum atomic E-state index is -4.21. The van der Waals surface area contributed by atoms with Crippen LogP contribution in [0.3, 0.4) is 0 Å². The molecule has 256 valence electrons. The number of aryl methyl sites for hydroxylation is 2. The Morgan fingerprint density at radius 3 is 2.39 bits per heavy atom. The number of sulfonamides is 1. The average Bonchev–Trinajstić information content (AvgIpc) is 3.59. The molecule has 2 aliphatic rings. The number of nitrogens with one attached hydrogen (secondary N) is 1. The fourth-order valence-corrected chi connectivity index (χ4v) is 8.99. The molecule has 3 aromatic carbocycles. The molecular formula is C35H36Cl2N6O5S. The number of nitrogen functional groups attached to an aromatic ring is 1. The predicted octanol–water partition coefficient (Wildman–Crippen LogP) is 5.16. The number of carbonyl (C=O) groups excluding carboxylic acids is 2. The maximum atomic E-state index is 14.1. The van der Waals surface area contributed by atoms with Gasteiger partial charge >= 0.3 is 0 Å². The van der Waals surface area contributed by atoms with E-state index in [1.807, 2.05) is 32.0 Å². The fourth-order valence-electron chi connectivity index (χ4n) is 6.47. The molecular weight excluding hydrogens is 687 g/mol. The molecule has 0 bridgehead atoms. The first-order chi connectivity index (χ1) is 23.4. The Balaban J connectivity index is 1.16. The topological polar surface area (TPSA) is 150 Å². The van der Waals surface area contributed by atoms with Crippen molar-refractivity contribution in [2.75, 3.05) is 32.7 Å². The van der Waals surface area contributed by atoms with Gasteiger partial charge in [-0.25, -0.2) is 13.4 Å². The van der Waals surface area contributed by atoms with E-state index in [0.29, 0.717) is 40.8 Å². The number of hydrogen-bond donors (Lipinski definition) is 2. The Hall–Kier alpha value is -4.23. The third kappa shape index (κ3) is 6.83. The summed E-state index contributed by atoms with van der Waals surface area (Å²) in [6, 6.07) is 16.1. The number of aromatic nitrogens is 1. The summed E-state index contributed by atoms with van der Waals surface area (Å²) < 4.78 is 35.6. The van der Waals surface area contributed by atoms with Crippen LogP contribution in [0.25, 0.3) is 10.9 Å². The number of para-hydroxylation sites is 1. The number of nitrogens with two attached hydrogens (primary N) is 1. The van der Waals surface area contributed by atoms with Gasteiger partial charge in [-0.1, -0.05) is 47.5 Å². The van der Waals surface area contributed by atoms with Crippen LogP contribution in [0.4, 0.5) is 0 Å². The lowest BCUT2D eigenvalue weighted by atomic mass is 10.1. The largest absolute Gasteiger partial charge is 0.487 e. The zero-order valence-corrected chi connectivity index (χ0v) is 29.4. The van der Waals surface area contributed by atoms with Gasteiger partial charge in [0.25, 0.3) is 5.91 Å². The molecule has 1 atom stereocenters. The van der Waals surface area contributed by atoms with Crippen LogP contribution in [0, 0.1) is 19.3 Å². The molecule has 4 aromatic rings. The van der Waals surface area contributed by atoms with Crippen LogP contribution in [0.2, 0.25) is 10.0 Å². The Morgan fingerprint density at radius 1 is 0.959 bits per heavy atom. The van der Waals surface area contributed by atoms with E-state index in [1.165, 1.54) is 16.4 Å². The minimum Gasteiger partial charge on any atom is -0.487 e. The van der Waals surface area contributed by atoms with Gasteiger partial charge in [0.2, 0.25) is 15.9 Å². The van der Waals surface area contributed by atoms with E-state index in [9.17, 15) is 18.0 Å². The van der Waals surface area contributed by atoms with Crippen molar-refractivity contribution in [3.05, 3.63) is 98.7 Å². The Labute approximate surface area is 295 Å². The maximum absolute atomic E-state index is 14.1. The lowest BCUT2D eigenvalue weighted by molar-refractivity contribution is -0.136. The lowest BCUT2D eigenvalue weighted by Gasteiger charge is -2.37. The minimum absolute atomic E-state index is 0.0628. The zero-order chi connectivity index (χ0) is 35.0. The van der Waals surface area contributed by atoms with E-state index in [0.717, 1.165) is 16.6 Å². The standard InChI is InChI=1S/C35H36Cl2N6O5S/c1-21-18-22(2)40-32-25(21)8-4-10-29(32)48-20-26-27(36)11-12-30(31(26)37)49(46,47)43-13-5-9-28(43)35(45)42-16-14-41(15-17-42)34(44)24-7-3-6-23(19-24)33(38)39/h3-4,6-8,10-12,18-19,28H,5,9,13-17,20H2,1-2H3,(H3,38,39)/t28-/m0/s1. The fraction of sp³-hybridized carbons (Fsp3) is 0.314. The number of benzene rings is 3. The van der Waals surface area contributed by atoms with Crippen molar-refractivity contribution in [1.29, 1.82) is 5.41 Å². The average molecular weight is 724 g/mol. The predicted molar refractivity (Wildman–Crippen MR) is 189 cm³/mol. The molecule has 0 aliphatic carbocycles. The van der Waals surface area contributed by atoms with Gasteiger partial charge < -0.3 is 20.3 Å². The van der Waals surface area contributed by atoms with E-state index in [-0.39, 0.29) is 71.9 Å². The van der Waals surface area contributed by atoms with Crippen LogP contribution in [0.5, 0.6) is 5.75 Å². The molecule has 0 unspecified atom stereocenters. The third-order valence-corrected chi connectivity index (χ3v) is 11.9. The number of amides is 2. The maximum Gasteiger partial charge on any atom is 0.253 e. The van der Waals surface area contributed by atoms with Crippen LogP contribution < -0.4 is 10.5 Å². The second kappa shape index (κ2) is 13.9. The van der Waals surface area contributed by atoms with E-state index < -0.39 is 16.1 Å². The van der Waals surface area contributed by atoms with Gasteiger partial charge in [-0.3, -0.25) is 15.0 Å². The second-order valence-electron chi connectivity index (χ2n) is 12.2. The number of rotatable bonds is 8. The first-order valence-electron chi connectivity index (χ1n) is 15.9. The molecule has 2 aliphatic heterocycles. The smallest absolute Gasteiger partial charge is 0.253 e. The SMILES string of the molecule is Cc1cc(C)c2cccc(OCc3c(Cl)ccc(S(=O)(=O)N4CCC[C@H]4C(=O)N4CCN(C(=O)c5cccc(C(=N)N)c5)CC4)c3Cl)c2n1. The van der Waals surface area contributed by atoms with Gasteiger partial charge in [0.1, 0.15) is 34.6 Å². The molecule has 2 amide bonds. The van der Waals surface area contributed by atoms with E-state index in [4.69, 9.17) is 39.1 Å². The second-order valence-corrected chi connectivity index (χ2v) is 14.9. The van der Waals surface area contributed by atoms with E-state index in [2.05, 4.69) is 4.98 Å². The molecule has 0 radical (unpaired) electrons. The number of fused-ring (bicyclic) bond motifs is 1. The van der Waals surface area contributed by atoms with Crippen LogP contribution in [0.15, 0.2) is 65.6 Å². The van der Waals surface area contributed by atoms with Crippen molar-refractivity contribution in [2.24, 2.45) is 5.73 Å². The van der Waals surface area contributed by atoms with Crippen molar-refractivity contribution >= 4 is 61.8 Å². The highest BCUT2D eigenvalue weighted by Gasteiger charge is 2.43. The number of carbonyl (C=O) groups is 2. The summed E-state index contributed by atoms with van der Waals surface area (Å²) in [5.74, 6) is -0.149. The molecule has 3 N–H and O–H groups in total. The summed E-state index contributed by atoms with van der Waals surface area (Å²) >= 11 is 13.3. The summed E-state index contributed by atoms with van der Waals surface area (Å²) in [4.78, 5) is 34.6. The molecule has 0 saturated carbocycles. The van der Waals surface area contributed by atoms with Gasteiger partial charge in [-0.2, -0.15) is 4.31 Å². The highest BCUT2D eigenvalue weighted by Crippen LogP contribution is 2.37. The van der Waals surface area contributed by atoms with Crippen LogP contribution in [0.1, 0.15) is 45.6 Å². The molecule has 11 nitrogen and oxygen atoms in total. The molecule has 0 spiro atoms. The summed E-state index contributed by atoms with van der Waals surface area (Å²) in [5, 5.41) is 8.77. The van der Waals surface area contributed by atoms with Crippen molar-refractivity contribution in [2.45, 2.75) is 44.2 Å². The van der Waals surface area contributed by atoms with Crippen LogP contribution in [-0.4, -0.2) is 83.9 Å². The Kier molecular flexibility index (Phi) is 9.86.